The van der Waals surface area contributed by atoms with Gasteiger partial charge in [-0.15, -0.1) is 10.2 Å². The largest absolute Gasteiger partial charge is 0.462 e. The maximum Gasteiger partial charge on any atom is 0.340 e. The number of amides is 1. The lowest BCUT2D eigenvalue weighted by Gasteiger charge is -2.19. The van der Waals surface area contributed by atoms with E-state index in [2.05, 4.69) is 15.5 Å². The van der Waals surface area contributed by atoms with Crippen LogP contribution in [-0.2, 0) is 19.6 Å². The second-order valence-corrected chi connectivity index (χ2v) is 11.6. The van der Waals surface area contributed by atoms with Gasteiger partial charge in [0.15, 0.2) is 11.0 Å². The lowest BCUT2D eigenvalue weighted by atomic mass is 10.2. The predicted molar refractivity (Wildman–Crippen MR) is 159 cm³/mol. The molecular formula is C29H31N5O5S2. The van der Waals surface area contributed by atoms with Gasteiger partial charge >= 0.3 is 5.97 Å². The first kappa shape index (κ1) is 30.0. The van der Waals surface area contributed by atoms with Gasteiger partial charge in [-0.2, -0.15) is 4.31 Å². The molecule has 1 amide bonds. The van der Waals surface area contributed by atoms with E-state index in [1.54, 1.807) is 73.9 Å². The summed E-state index contributed by atoms with van der Waals surface area (Å²) in [5.41, 5.74) is 1.93. The number of sulfonamides is 1. The average molecular weight is 594 g/mol. The van der Waals surface area contributed by atoms with Gasteiger partial charge in [0.05, 0.1) is 28.5 Å². The summed E-state index contributed by atoms with van der Waals surface area (Å²) in [6.07, 6.45) is 0. The fourth-order valence-corrected chi connectivity index (χ4v) is 6.42. The van der Waals surface area contributed by atoms with Crippen molar-refractivity contribution in [3.8, 4) is 17.1 Å². The third-order valence-corrected chi connectivity index (χ3v) is 9.09. The number of hydrogen-bond donors (Lipinski definition) is 1. The van der Waals surface area contributed by atoms with Gasteiger partial charge in [-0.3, -0.25) is 9.36 Å². The van der Waals surface area contributed by atoms with Crippen LogP contribution in [-0.4, -0.2) is 64.8 Å². The number of nitrogens with zero attached hydrogens (tertiary/aromatic N) is 4. The van der Waals surface area contributed by atoms with E-state index in [4.69, 9.17) is 4.74 Å². The molecule has 4 aromatic rings. The predicted octanol–water partition coefficient (Wildman–Crippen LogP) is 4.87. The van der Waals surface area contributed by atoms with Crippen molar-refractivity contribution in [3.05, 3.63) is 84.4 Å². The Bertz CT molecular complexity index is 1620. The van der Waals surface area contributed by atoms with E-state index in [0.29, 0.717) is 35.3 Å². The molecular weight excluding hydrogens is 562 g/mol. The third kappa shape index (κ3) is 6.84. The minimum Gasteiger partial charge on any atom is -0.462 e. The molecule has 0 saturated heterocycles. The highest BCUT2D eigenvalue weighted by Crippen LogP contribution is 2.30. The van der Waals surface area contributed by atoms with Crippen LogP contribution in [0, 0.1) is 0 Å². The number of carbonyl (C=O) groups excluding carboxylic acids is 2. The summed E-state index contributed by atoms with van der Waals surface area (Å²) >= 11 is 1.17. The van der Waals surface area contributed by atoms with Gasteiger partial charge in [0.1, 0.15) is 0 Å². The maximum atomic E-state index is 13.2. The Balaban J connectivity index is 1.63. The molecule has 0 atom stereocenters. The van der Waals surface area contributed by atoms with E-state index in [0.717, 1.165) is 5.69 Å². The van der Waals surface area contributed by atoms with Crippen LogP contribution < -0.4 is 5.32 Å². The number of esters is 1. The van der Waals surface area contributed by atoms with Crippen molar-refractivity contribution in [2.75, 3.05) is 30.8 Å². The molecule has 41 heavy (non-hydrogen) atoms. The van der Waals surface area contributed by atoms with Crippen LogP contribution in [0.25, 0.3) is 17.1 Å². The molecule has 0 unspecified atom stereocenters. The second kappa shape index (κ2) is 13.6. The minimum atomic E-state index is -3.68. The number of para-hydroxylation sites is 2. The number of aromatic nitrogens is 3. The van der Waals surface area contributed by atoms with Gasteiger partial charge < -0.3 is 10.1 Å². The van der Waals surface area contributed by atoms with Crippen molar-refractivity contribution in [1.82, 2.24) is 19.1 Å². The average Bonchev–Trinajstić information content (AvgIpc) is 3.41. The van der Waals surface area contributed by atoms with E-state index in [1.807, 2.05) is 30.3 Å². The summed E-state index contributed by atoms with van der Waals surface area (Å²) in [6.45, 7) is 6.25. The van der Waals surface area contributed by atoms with E-state index in [-0.39, 0.29) is 28.7 Å². The molecule has 0 bridgehead atoms. The van der Waals surface area contributed by atoms with Crippen LogP contribution in [0.5, 0.6) is 0 Å². The van der Waals surface area contributed by atoms with Gasteiger partial charge in [-0.1, -0.05) is 68.1 Å². The third-order valence-electron chi connectivity index (χ3n) is 6.11. The number of hydrogen-bond acceptors (Lipinski definition) is 8. The quantitative estimate of drug-likeness (QED) is 0.182. The molecule has 0 radical (unpaired) electrons. The highest BCUT2D eigenvalue weighted by atomic mass is 32.2. The Hall–Kier alpha value is -4.00. The van der Waals surface area contributed by atoms with E-state index in [9.17, 15) is 18.0 Å². The molecule has 0 fully saturated rings. The molecule has 1 aromatic heterocycles. The van der Waals surface area contributed by atoms with Crippen molar-refractivity contribution in [2.45, 2.75) is 30.8 Å². The highest BCUT2D eigenvalue weighted by Gasteiger charge is 2.24. The van der Waals surface area contributed by atoms with E-state index in [1.165, 1.54) is 16.1 Å². The Morgan fingerprint density at radius 2 is 1.63 bits per heavy atom. The molecule has 4 rings (SSSR count). The van der Waals surface area contributed by atoms with Crippen molar-refractivity contribution >= 4 is 39.3 Å². The number of carbonyl (C=O) groups is 2. The Kier molecular flexibility index (Phi) is 9.92. The summed E-state index contributed by atoms with van der Waals surface area (Å²) in [5.74, 6) is -0.445. The van der Waals surface area contributed by atoms with E-state index >= 15 is 0 Å². The van der Waals surface area contributed by atoms with Crippen LogP contribution in [0.4, 0.5) is 5.69 Å². The molecule has 1 N–H and O–H groups in total. The van der Waals surface area contributed by atoms with Gasteiger partial charge in [-0.25, -0.2) is 13.2 Å². The standard InChI is InChI=1S/C29H31N5O5S2/c1-4-33(5-2)41(37,38)23-16-12-13-21(19-23)27-31-32-29(34(27)22-14-8-7-9-15-22)40-20-26(35)30-25-18-11-10-17-24(25)28(36)39-6-3/h7-19H,4-6,20H2,1-3H3,(H,30,35). The number of benzene rings is 3. The fraction of sp³-hybridized carbons (Fsp3) is 0.241. The number of ether oxygens (including phenoxy) is 1. The molecule has 0 aliphatic rings. The minimum absolute atomic E-state index is 0.0154. The molecule has 0 aliphatic heterocycles. The first-order valence-electron chi connectivity index (χ1n) is 13.1. The fourth-order valence-electron chi connectivity index (χ4n) is 4.16. The molecule has 3 aromatic carbocycles. The van der Waals surface area contributed by atoms with Crippen molar-refractivity contribution in [1.29, 1.82) is 0 Å². The normalized spacial score (nSPS) is 11.4. The van der Waals surface area contributed by atoms with Crippen molar-refractivity contribution in [2.24, 2.45) is 0 Å². The summed E-state index contributed by atoms with van der Waals surface area (Å²) in [6, 6.07) is 22.6. The number of rotatable bonds is 12. The van der Waals surface area contributed by atoms with Gasteiger partial charge in [0, 0.05) is 24.3 Å². The molecule has 0 aliphatic carbocycles. The first-order valence-corrected chi connectivity index (χ1v) is 15.5. The summed E-state index contributed by atoms with van der Waals surface area (Å²) in [4.78, 5) is 25.4. The van der Waals surface area contributed by atoms with E-state index < -0.39 is 16.0 Å². The monoisotopic (exact) mass is 593 g/mol. The Morgan fingerprint density at radius 1 is 0.927 bits per heavy atom. The molecule has 0 saturated carbocycles. The van der Waals surface area contributed by atoms with Gasteiger partial charge in [0.25, 0.3) is 0 Å². The Labute approximate surface area is 243 Å². The SMILES string of the molecule is CCOC(=O)c1ccccc1NC(=O)CSc1nnc(-c2cccc(S(=O)(=O)N(CC)CC)c2)n1-c1ccccc1. The summed E-state index contributed by atoms with van der Waals surface area (Å²) in [5, 5.41) is 11.9. The molecule has 10 nitrogen and oxygen atoms in total. The van der Waals surface area contributed by atoms with Gasteiger partial charge in [-0.05, 0) is 43.3 Å². The highest BCUT2D eigenvalue weighted by molar-refractivity contribution is 7.99. The number of anilines is 1. The zero-order valence-electron chi connectivity index (χ0n) is 23.0. The zero-order chi connectivity index (χ0) is 29.4. The topological polar surface area (TPSA) is 123 Å². The van der Waals surface area contributed by atoms with Crippen LogP contribution in [0.3, 0.4) is 0 Å². The molecule has 214 valence electrons. The van der Waals surface area contributed by atoms with Crippen LogP contribution in [0.2, 0.25) is 0 Å². The van der Waals surface area contributed by atoms with Crippen LogP contribution in [0.15, 0.2) is 88.9 Å². The molecule has 1 heterocycles. The van der Waals surface area contributed by atoms with Crippen molar-refractivity contribution < 1.29 is 22.7 Å². The Morgan fingerprint density at radius 3 is 2.34 bits per heavy atom. The first-order chi connectivity index (χ1) is 19.8. The molecule has 12 heteroatoms. The summed E-state index contributed by atoms with van der Waals surface area (Å²) in [7, 11) is -3.68. The number of thioether (sulfide) groups is 1. The zero-order valence-corrected chi connectivity index (χ0v) is 24.6. The lowest BCUT2D eigenvalue weighted by molar-refractivity contribution is -0.113. The van der Waals surface area contributed by atoms with Crippen LogP contribution >= 0.6 is 11.8 Å². The maximum absolute atomic E-state index is 13.2. The smallest absolute Gasteiger partial charge is 0.340 e. The summed E-state index contributed by atoms with van der Waals surface area (Å²) < 4.78 is 34.6. The number of nitrogens with one attached hydrogen (secondary N) is 1. The lowest BCUT2D eigenvalue weighted by Crippen LogP contribution is -2.30. The van der Waals surface area contributed by atoms with Crippen molar-refractivity contribution in [3.63, 3.8) is 0 Å². The molecule has 0 spiro atoms. The van der Waals surface area contributed by atoms with Crippen LogP contribution in [0.1, 0.15) is 31.1 Å². The second-order valence-electron chi connectivity index (χ2n) is 8.70. The van der Waals surface area contributed by atoms with Gasteiger partial charge in [0.2, 0.25) is 15.9 Å².